The first kappa shape index (κ1) is 11.3. The highest BCUT2D eigenvalue weighted by molar-refractivity contribution is 5.51. The minimum absolute atomic E-state index is 0.583. The molecule has 0 N–H and O–H groups in total. The molecule has 2 rings (SSSR count). The molecule has 1 aromatic rings. The van der Waals surface area contributed by atoms with E-state index < -0.39 is 0 Å². The van der Waals surface area contributed by atoms with Crippen molar-refractivity contribution in [1.29, 1.82) is 0 Å². The van der Waals surface area contributed by atoms with Crippen LogP contribution >= 0.6 is 0 Å². The number of hydrogen-bond donors (Lipinski definition) is 0. The fourth-order valence-corrected chi connectivity index (χ4v) is 2.08. The van der Waals surface area contributed by atoms with Crippen molar-refractivity contribution >= 4 is 6.29 Å². The van der Waals surface area contributed by atoms with E-state index in [9.17, 15) is 4.79 Å². The van der Waals surface area contributed by atoms with Crippen molar-refractivity contribution in [2.45, 2.75) is 6.54 Å². The normalized spacial score (nSPS) is 18.5. The van der Waals surface area contributed by atoms with Gasteiger partial charge in [-0.1, -0.05) is 30.3 Å². The van der Waals surface area contributed by atoms with Crippen LogP contribution in [0.4, 0.5) is 0 Å². The van der Waals surface area contributed by atoms with Crippen molar-refractivity contribution in [3.05, 3.63) is 35.9 Å². The monoisotopic (exact) mass is 218 g/mol. The Bertz CT molecular complexity index is 318. The molecular weight excluding hydrogens is 200 g/mol. The average molecular weight is 218 g/mol. The standard InChI is InChI=1S/C13H18N2O/c16-11-10-14-6-8-15(9-7-14)12-13-4-2-1-3-5-13/h1-5,11H,6-10,12H2. The summed E-state index contributed by atoms with van der Waals surface area (Å²) < 4.78 is 0. The van der Waals surface area contributed by atoms with Crippen LogP contribution in [0.5, 0.6) is 0 Å². The topological polar surface area (TPSA) is 23.6 Å². The van der Waals surface area contributed by atoms with Crippen molar-refractivity contribution < 1.29 is 4.79 Å². The molecule has 3 nitrogen and oxygen atoms in total. The molecule has 0 spiro atoms. The lowest BCUT2D eigenvalue weighted by molar-refractivity contribution is -0.109. The first-order valence-electron chi connectivity index (χ1n) is 5.81. The van der Waals surface area contributed by atoms with Crippen LogP contribution in [0.2, 0.25) is 0 Å². The van der Waals surface area contributed by atoms with E-state index >= 15 is 0 Å². The van der Waals surface area contributed by atoms with E-state index in [1.54, 1.807) is 0 Å². The molecule has 1 saturated heterocycles. The summed E-state index contributed by atoms with van der Waals surface area (Å²) in [4.78, 5) is 15.0. The number of piperazine rings is 1. The van der Waals surface area contributed by atoms with Crippen LogP contribution in [0.15, 0.2) is 30.3 Å². The maximum Gasteiger partial charge on any atom is 0.133 e. The molecule has 1 fully saturated rings. The van der Waals surface area contributed by atoms with E-state index in [1.807, 2.05) is 6.07 Å². The zero-order chi connectivity index (χ0) is 11.2. The largest absolute Gasteiger partial charge is 0.302 e. The van der Waals surface area contributed by atoms with E-state index in [2.05, 4.69) is 34.1 Å². The van der Waals surface area contributed by atoms with Gasteiger partial charge < -0.3 is 4.79 Å². The summed E-state index contributed by atoms with van der Waals surface area (Å²) in [6.07, 6.45) is 0.993. The zero-order valence-corrected chi connectivity index (χ0v) is 9.51. The van der Waals surface area contributed by atoms with Gasteiger partial charge in [-0.15, -0.1) is 0 Å². The minimum Gasteiger partial charge on any atom is -0.302 e. The van der Waals surface area contributed by atoms with Crippen LogP contribution in [-0.2, 0) is 11.3 Å². The second kappa shape index (κ2) is 5.77. The SMILES string of the molecule is O=CCN1CCN(Cc2ccccc2)CC1. The van der Waals surface area contributed by atoms with Crippen LogP contribution < -0.4 is 0 Å². The Labute approximate surface area is 96.7 Å². The minimum atomic E-state index is 0.583. The molecule has 0 radical (unpaired) electrons. The van der Waals surface area contributed by atoms with Gasteiger partial charge in [0.15, 0.2) is 0 Å². The van der Waals surface area contributed by atoms with Gasteiger partial charge in [-0.2, -0.15) is 0 Å². The van der Waals surface area contributed by atoms with Crippen molar-refractivity contribution in [2.24, 2.45) is 0 Å². The highest BCUT2D eigenvalue weighted by Gasteiger charge is 2.15. The summed E-state index contributed by atoms with van der Waals surface area (Å²) >= 11 is 0. The van der Waals surface area contributed by atoms with Crippen LogP contribution in [0.3, 0.4) is 0 Å². The third-order valence-corrected chi connectivity index (χ3v) is 3.05. The lowest BCUT2D eigenvalue weighted by atomic mass is 10.2. The molecule has 86 valence electrons. The molecule has 0 aliphatic carbocycles. The molecule has 1 aliphatic heterocycles. The first-order valence-corrected chi connectivity index (χ1v) is 5.81. The van der Waals surface area contributed by atoms with Crippen LogP contribution in [0.25, 0.3) is 0 Å². The Hall–Kier alpha value is -1.19. The Kier molecular flexibility index (Phi) is 4.08. The maximum atomic E-state index is 10.4. The molecule has 0 amide bonds. The highest BCUT2D eigenvalue weighted by atomic mass is 16.1. The Morgan fingerprint density at radius 3 is 2.25 bits per heavy atom. The summed E-state index contributed by atoms with van der Waals surface area (Å²) in [7, 11) is 0. The van der Waals surface area contributed by atoms with Crippen molar-refractivity contribution in [2.75, 3.05) is 32.7 Å². The second-order valence-corrected chi connectivity index (χ2v) is 4.23. The second-order valence-electron chi connectivity index (χ2n) is 4.23. The van der Waals surface area contributed by atoms with Crippen molar-refractivity contribution in [3.63, 3.8) is 0 Å². The van der Waals surface area contributed by atoms with E-state index in [0.717, 1.165) is 39.0 Å². The number of benzene rings is 1. The molecule has 0 aromatic heterocycles. The molecule has 16 heavy (non-hydrogen) atoms. The molecule has 0 atom stereocenters. The fraction of sp³-hybridized carbons (Fsp3) is 0.462. The van der Waals surface area contributed by atoms with Crippen molar-refractivity contribution in [1.82, 2.24) is 9.80 Å². The molecular formula is C13H18N2O. The van der Waals surface area contributed by atoms with Crippen LogP contribution in [0.1, 0.15) is 5.56 Å². The van der Waals surface area contributed by atoms with E-state index in [1.165, 1.54) is 5.56 Å². The average Bonchev–Trinajstić information content (AvgIpc) is 2.33. The summed E-state index contributed by atoms with van der Waals surface area (Å²) in [5.41, 5.74) is 1.37. The van der Waals surface area contributed by atoms with Gasteiger partial charge in [0.05, 0.1) is 6.54 Å². The van der Waals surface area contributed by atoms with Gasteiger partial charge in [0.2, 0.25) is 0 Å². The number of nitrogens with zero attached hydrogens (tertiary/aromatic N) is 2. The molecule has 3 heteroatoms. The Balaban J connectivity index is 1.79. The van der Waals surface area contributed by atoms with Gasteiger partial charge >= 0.3 is 0 Å². The Morgan fingerprint density at radius 2 is 1.62 bits per heavy atom. The lowest BCUT2D eigenvalue weighted by Crippen LogP contribution is -2.46. The maximum absolute atomic E-state index is 10.4. The van der Waals surface area contributed by atoms with Gasteiger partial charge in [-0.05, 0) is 5.56 Å². The van der Waals surface area contributed by atoms with E-state index in [4.69, 9.17) is 0 Å². The van der Waals surface area contributed by atoms with Gasteiger partial charge in [0, 0.05) is 32.7 Å². The van der Waals surface area contributed by atoms with Crippen molar-refractivity contribution in [3.8, 4) is 0 Å². The third-order valence-electron chi connectivity index (χ3n) is 3.05. The van der Waals surface area contributed by atoms with Crippen LogP contribution in [0, 0.1) is 0 Å². The number of rotatable bonds is 4. The third kappa shape index (κ3) is 3.15. The van der Waals surface area contributed by atoms with Crippen LogP contribution in [-0.4, -0.2) is 48.8 Å². The van der Waals surface area contributed by atoms with Gasteiger partial charge in [0.25, 0.3) is 0 Å². The predicted octanol–water partition coefficient (Wildman–Crippen LogP) is 1.00. The number of hydrogen-bond acceptors (Lipinski definition) is 3. The molecule has 0 saturated carbocycles. The van der Waals surface area contributed by atoms with Gasteiger partial charge in [-0.25, -0.2) is 0 Å². The lowest BCUT2D eigenvalue weighted by Gasteiger charge is -2.33. The predicted molar refractivity (Wildman–Crippen MR) is 64.2 cm³/mol. The fourth-order valence-electron chi connectivity index (χ4n) is 2.08. The zero-order valence-electron chi connectivity index (χ0n) is 9.51. The highest BCUT2D eigenvalue weighted by Crippen LogP contribution is 2.07. The first-order chi connectivity index (χ1) is 7.88. The summed E-state index contributed by atoms with van der Waals surface area (Å²) in [6.45, 7) is 5.73. The van der Waals surface area contributed by atoms with Gasteiger partial charge in [-0.3, -0.25) is 9.80 Å². The summed E-state index contributed by atoms with van der Waals surface area (Å²) in [5.74, 6) is 0. The smallest absolute Gasteiger partial charge is 0.133 e. The van der Waals surface area contributed by atoms with E-state index in [-0.39, 0.29) is 0 Å². The van der Waals surface area contributed by atoms with E-state index in [0.29, 0.717) is 6.54 Å². The summed E-state index contributed by atoms with van der Waals surface area (Å²) in [5, 5.41) is 0. The molecule has 1 aliphatic rings. The molecule has 0 bridgehead atoms. The Morgan fingerprint density at radius 1 is 1.00 bits per heavy atom. The number of carbonyl (C=O) groups excluding carboxylic acids is 1. The molecule has 1 aromatic carbocycles. The summed E-state index contributed by atoms with van der Waals surface area (Å²) in [6, 6.07) is 10.5. The number of aldehydes is 1. The molecule has 0 unspecified atom stereocenters. The molecule has 1 heterocycles. The quantitative estimate of drug-likeness (QED) is 0.705. The van der Waals surface area contributed by atoms with Gasteiger partial charge in [0.1, 0.15) is 6.29 Å². The number of carbonyl (C=O) groups is 1.